The average Bonchev–Trinajstić information content (AvgIpc) is 3.06. The maximum absolute atomic E-state index is 12.7. The standard InChI is InChI=1S/C18H21ClN4O3/c1-22-11-8-20-16(22)15(12-2-4-14(19)5-3-12)21-18(26)23-9-6-13(7-10-23)17(24)25/h2-5,8,11,13,15H,6-7,9-10H2,1H3,(H,21,26)(H,24,25). The van der Waals surface area contributed by atoms with Gasteiger partial charge in [-0.25, -0.2) is 9.78 Å². The van der Waals surface area contributed by atoms with Crippen LogP contribution in [0.1, 0.15) is 30.3 Å². The maximum atomic E-state index is 12.7. The van der Waals surface area contributed by atoms with E-state index in [0.29, 0.717) is 36.8 Å². The van der Waals surface area contributed by atoms with Gasteiger partial charge >= 0.3 is 12.0 Å². The minimum Gasteiger partial charge on any atom is -0.481 e. The van der Waals surface area contributed by atoms with E-state index >= 15 is 0 Å². The van der Waals surface area contributed by atoms with Gasteiger partial charge in [0, 0.05) is 37.6 Å². The number of carbonyl (C=O) groups excluding carboxylic acids is 1. The molecule has 2 amide bonds. The lowest BCUT2D eigenvalue weighted by Crippen LogP contribution is -2.47. The first-order valence-corrected chi connectivity index (χ1v) is 8.84. The summed E-state index contributed by atoms with van der Waals surface area (Å²) in [6.45, 7) is 0.855. The predicted octanol–water partition coefficient (Wildman–Crippen LogP) is 2.67. The first-order valence-electron chi connectivity index (χ1n) is 8.46. The van der Waals surface area contributed by atoms with Crippen molar-refractivity contribution in [2.75, 3.05) is 13.1 Å². The number of nitrogens with one attached hydrogen (secondary N) is 1. The lowest BCUT2D eigenvalue weighted by Gasteiger charge is -2.31. The average molecular weight is 377 g/mol. The third kappa shape index (κ3) is 3.99. The second kappa shape index (κ2) is 7.78. The lowest BCUT2D eigenvalue weighted by molar-refractivity contribution is -0.143. The van der Waals surface area contributed by atoms with Crippen molar-refractivity contribution in [2.45, 2.75) is 18.9 Å². The van der Waals surface area contributed by atoms with Gasteiger partial charge in [-0.15, -0.1) is 0 Å². The molecule has 26 heavy (non-hydrogen) atoms. The number of nitrogens with zero attached hydrogens (tertiary/aromatic N) is 3. The molecule has 1 atom stereocenters. The van der Waals surface area contributed by atoms with E-state index in [1.165, 1.54) is 0 Å². The molecule has 8 heteroatoms. The molecule has 138 valence electrons. The van der Waals surface area contributed by atoms with Crippen molar-refractivity contribution in [3.63, 3.8) is 0 Å². The van der Waals surface area contributed by atoms with Crippen molar-refractivity contribution in [3.05, 3.63) is 53.1 Å². The number of urea groups is 1. The van der Waals surface area contributed by atoms with E-state index in [1.54, 1.807) is 23.2 Å². The van der Waals surface area contributed by atoms with Gasteiger partial charge in [0.05, 0.1) is 5.92 Å². The maximum Gasteiger partial charge on any atom is 0.318 e. The van der Waals surface area contributed by atoms with E-state index in [9.17, 15) is 9.59 Å². The summed E-state index contributed by atoms with van der Waals surface area (Å²) in [7, 11) is 1.87. The number of carboxylic acid groups (broad SMARTS) is 1. The topological polar surface area (TPSA) is 87.5 Å². The number of benzene rings is 1. The smallest absolute Gasteiger partial charge is 0.318 e. The van der Waals surface area contributed by atoms with Gasteiger partial charge < -0.3 is 19.9 Å². The van der Waals surface area contributed by atoms with E-state index in [-0.39, 0.29) is 11.9 Å². The molecule has 0 radical (unpaired) electrons. The number of halogens is 1. The number of likely N-dealkylation sites (tertiary alicyclic amines) is 1. The number of hydrogen-bond donors (Lipinski definition) is 2. The highest BCUT2D eigenvalue weighted by Crippen LogP contribution is 2.24. The summed E-state index contributed by atoms with van der Waals surface area (Å²) in [5.74, 6) is -0.459. The van der Waals surface area contributed by atoms with Crippen molar-refractivity contribution in [1.29, 1.82) is 0 Å². The Labute approximate surface area is 156 Å². The summed E-state index contributed by atoms with van der Waals surface area (Å²) in [5, 5.41) is 12.7. The van der Waals surface area contributed by atoms with E-state index < -0.39 is 12.0 Å². The Morgan fingerprint density at radius 1 is 1.27 bits per heavy atom. The summed E-state index contributed by atoms with van der Waals surface area (Å²) < 4.78 is 1.86. The van der Waals surface area contributed by atoms with E-state index in [2.05, 4.69) is 10.3 Å². The van der Waals surface area contributed by atoms with Crippen LogP contribution in [0.25, 0.3) is 0 Å². The second-order valence-corrected chi connectivity index (χ2v) is 6.87. The van der Waals surface area contributed by atoms with Gasteiger partial charge in [-0.3, -0.25) is 4.79 Å². The van der Waals surface area contributed by atoms with Crippen LogP contribution >= 0.6 is 11.6 Å². The molecule has 2 N–H and O–H groups in total. The first kappa shape index (κ1) is 18.3. The zero-order chi connectivity index (χ0) is 18.7. The largest absolute Gasteiger partial charge is 0.481 e. The van der Waals surface area contributed by atoms with E-state index in [4.69, 9.17) is 16.7 Å². The van der Waals surface area contributed by atoms with Crippen LogP contribution in [0.4, 0.5) is 4.79 Å². The Hall–Kier alpha value is -2.54. The monoisotopic (exact) mass is 376 g/mol. The number of hydrogen-bond acceptors (Lipinski definition) is 3. The number of rotatable bonds is 4. The van der Waals surface area contributed by atoms with Gasteiger partial charge in [0.25, 0.3) is 0 Å². The molecule has 0 aliphatic carbocycles. The van der Waals surface area contributed by atoms with Crippen LogP contribution in [0.5, 0.6) is 0 Å². The first-order chi connectivity index (χ1) is 12.5. The van der Waals surface area contributed by atoms with Crippen molar-refractivity contribution in [1.82, 2.24) is 19.8 Å². The molecule has 1 aromatic carbocycles. The zero-order valence-corrected chi connectivity index (χ0v) is 15.2. The van der Waals surface area contributed by atoms with Crippen LogP contribution in [0, 0.1) is 5.92 Å². The van der Waals surface area contributed by atoms with Gasteiger partial charge in [0.2, 0.25) is 0 Å². The van der Waals surface area contributed by atoms with Crippen LogP contribution in [0.15, 0.2) is 36.7 Å². The number of amides is 2. The van der Waals surface area contributed by atoms with Gasteiger partial charge in [-0.05, 0) is 30.5 Å². The van der Waals surface area contributed by atoms with Gasteiger partial charge in [0.1, 0.15) is 11.9 Å². The molecule has 2 heterocycles. The van der Waals surface area contributed by atoms with Crippen LogP contribution < -0.4 is 5.32 Å². The molecule has 1 aliphatic heterocycles. The molecule has 1 saturated heterocycles. The Bertz CT molecular complexity index is 782. The molecule has 0 bridgehead atoms. The number of aromatic nitrogens is 2. The highest BCUT2D eigenvalue weighted by atomic mass is 35.5. The van der Waals surface area contributed by atoms with Gasteiger partial charge in [-0.2, -0.15) is 0 Å². The number of aliphatic carboxylic acids is 1. The second-order valence-electron chi connectivity index (χ2n) is 6.43. The van der Waals surface area contributed by atoms with Crippen LogP contribution in [0.2, 0.25) is 5.02 Å². The molecule has 1 fully saturated rings. The fraction of sp³-hybridized carbons (Fsp3) is 0.389. The fourth-order valence-corrected chi connectivity index (χ4v) is 3.28. The third-order valence-electron chi connectivity index (χ3n) is 4.72. The van der Waals surface area contributed by atoms with E-state index in [1.807, 2.05) is 29.9 Å². The summed E-state index contributed by atoms with van der Waals surface area (Å²) in [5.41, 5.74) is 0.873. The lowest BCUT2D eigenvalue weighted by atomic mass is 9.97. The SMILES string of the molecule is Cn1ccnc1C(NC(=O)N1CCC(C(=O)O)CC1)c1ccc(Cl)cc1. The minimum atomic E-state index is -0.794. The highest BCUT2D eigenvalue weighted by molar-refractivity contribution is 6.30. The molecule has 1 unspecified atom stereocenters. The van der Waals surface area contributed by atoms with Gasteiger partial charge in [0.15, 0.2) is 0 Å². The van der Waals surface area contributed by atoms with Crippen molar-refractivity contribution >= 4 is 23.6 Å². The quantitative estimate of drug-likeness (QED) is 0.858. The molecule has 2 aromatic rings. The van der Waals surface area contributed by atoms with Crippen LogP contribution in [-0.2, 0) is 11.8 Å². The number of imidazole rings is 1. The molecular formula is C18H21ClN4O3. The molecule has 1 aliphatic rings. The van der Waals surface area contributed by atoms with Crippen LogP contribution in [-0.4, -0.2) is 44.6 Å². The molecule has 7 nitrogen and oxygen atoms in total. The number of carbonyl (C=O) groups is 2. The van der Waals surface area contributed by atoms with Crippen molar-refractivity contribution in [3.8, 4) is 0 Å². The summed E-state index contributed by atoms with van der Waals surface area (Å²) in [4.78, 5) is 29.8. The Morgan fingerprint density at radius 3 is 2.46 bits per heavy atom. The minimum absolute atomic E-state index is 0.225. The van der Waals surface area contributed by atoms with Crippen molar-refractivity contribution < 1.29 is 14.7 Å². The molecule has 1 aromatic heterocycles. The number of aryl methyl sites for hydroxylation is 1. The predicted molar refractivity (Wildman–Crippen MR) is 97.0 cm³/mol. The third-order valence-corrected chi connectivity index (χ3v) is 4.97. The fourth-order valence-electron chi connectivity index (χ4n) is 3.15. The summed E-state index contributed by atoms with van der Waals surface area (Å²) in [6, 6.07) is 6.63. The van der Waals surface area contributed by atoms with Crippen LogP contribution in [0.3, 0.4) is 0 Å². The molecule has 0 saturated carbocycles. The van der Waals surface area contributed by atoms with Gasteiger partial charge in [-0.1, -0.05) is 23.7 Å². The summed E-state index contributed by atoms with van der Waals surface area (Å²) >= 11 is 5.97. The molecular weight excluding hydrogens is 356 g/mol. The zero-order valence-electron chi connectivity index (χ0n) is 14.4. The normalized spacial score (nSPS) is 16.3. The number of piperidine rings is 1. The number of carboxylic acids is 1. The van der Waals surface area contributed by atoms with Crippen molar-refractivity contribution in [2.24, 2.45) is 13.0 Å². The Morgan fingerprint density at radius 2 is 1.92 bits per heavy atom. The molecule has 0 spiro atoms. The highest BCUT2D eigenvalue weighted by Gasteiger charge is 2.29. The van der Waals surface area contributed by atoms with E-state index in [0.717, 1.165) is 5.56 Å². The summed E-state index contributed by atoms with van der Waals surface area (Å²) in [6.07, 6.45) is 4.44. The Balaban J connectivity index is 1.76. The molecule has 3 rings (SSSR count). The Kier molecular flexibility index (Phi) is 5.46.